The Morgan fingerprint density at radius 2 is 1.69 bits per heavy atom. The van der Waals surface area contributed by atoms with Gasteiger partial charge in [-0.3, -0.25) is 4.79 Å². The minimum absolute atomic E-state index is 0.0447. The Hall–Kier alpha value is -3.35. The first-order chi connectivity index (χ1) is 16.8. The zero-order chi connectivity index (χ0) is 25.2. The first kappa shape index (κ1) is 24.8. The van der Waals surface area contributed by atoms with Crippen LogP contribution in [0, 0.1) is 5.92 Å². The summed E-state index contributed by atoms with van der Waals surface area (Å²) in [5.41, 5.74) is 3.80. The first-order valence-electron chi connectivity index (χ1n) is 12.4. The third-order valence-electron chi connectivity index (χ3n) is 7.69. The molecule has 0 bridgehead atoms. The van der Waals surface area contributed by atoms with Crippen molar-refractivity contribution in [2.45, 2.75) is 64.0 Å². The van der Waals surface area contributed by atoms with Crippen molar-refractivity contribution < 1.29 is 24.2 Å². The number of fused-ring (bicyclic) bond motifs is 3. The number of carbonyl (C=O) groups is 3. The number of hydrogen-bond acceptors (Lipinski definition) is 4. The van der Waals surface area contributed by atoms with Crippen LogP contribution in [0.25, 0.3) is 11.1 Å². The van der Waals surface area contributed by atoms with E-state index in [-0.39, 0.29) is 18.4 Å². The topological polar surface area (TPSA) is 95.9 Å². The van der Waals surface area contributed by atoms with Crippen LogP contribution in [0.4, 0.5) is 4.79 Å². The zero-order valence-corrected chi connectivity index (χ0v) is 20.6. The Kier molecular flexibility index (Phi) is 7.15. The van der Waals surface area contributed by atoms with Gasteiger partial charge in [-0.2, -0.15) is 0 Å². The molecule has 1 saturated carbocycles. The fourth-order valence-electron chi connectivity index (χ4n) is 5.70. The number of carboxylic acid groups (broad SMARTS) is 1. The van der Waals surface area contributed by atoms with Crippen LogP contribution in [0.15, 0.2) is 48.5 Å². The third kappa shape index (κ3) is 4.77. The number of ether oxygens (including phenoxy) is 1. The van der Waals surface area contributed by atoms with Crippen molar-refractivity contribution >= 4 is 18.0 Å². The fourth-order valence-corrected chi connectivity index (χ4v) is 5.70. The van der Waals surface area contributed by atoms with E-state index in [1.807, 2.05) is 31.2 Å². The highest BCUT2D eigenvalue weighted by atomic mass is 16.5. The van der Waals surface area contributed by atoms with Gasteiger partial charge in [0.05, 0.1) is 11.5 Å². The maximum atomic E-state index is 13.4. The van der Waals surface area contributed by atoms with Crippen molar-refractivity contribution in [1.82, 2.24) is 10.2 Å². The zero-order valence-electron chi connectivity index (χ0n) is 20.6. The van der Waals surface area contributed by atoms with Gasteiger partial charge in [0.25, 0.3) is 0 Å². The highest BCUT2D eigenvalue weighted by Crippen LogP contribution is 2.44. The number of alkyl carbamates (subject to hydrolysis) is 1. The predicted molar refractivity (Wildman–Crippen MR) is 133 cm³/mol. The first-order valence-corrected chi connectivity index (χ1v) is 12.4. The summed E-state index contributed by atoms with van der Waals surface area (Å²) < 4.78 is 5.74. The molecule has 2 amide bonds. The number of carboxylic acids is 1. The number of amides is 2. The Labute approximate surface area is 206 Å². The Morgan fingerprint density at radius 1 is 1.09 bits per heavy atom. The summed E-state index contributed by atoms with van der Waals surface area (Å²) in [6.45, 7) is 5.66. The molecule has 0 aromatic heterocycles. The number of benzene rings is 2. The van der Waals surface area contributed by atoms with Crippen molar-refractivity contribution in [3.8, 4) is 11.1 Å². The van der Waals surface area contributed by atoms with Crippen molar-refractivity contribution in [3.05, 3.63) is 59.7 Å². The number of rotatable bonds is 7. The fraction of sp³-hybridized carbons (Fsp3) is 0.464. The summed E-state index contributed by atoms with van der Waals surface area (Å²) in [5.74, 6) is -1.82. The molecule has 186 valence electrons. The maximum absolute atomic E-state index is 13.4. The standard InChI is InChI=1S/C28H34N2O5/c1-4-30(18(2)26(32)33)25(31)24-15-9-10-16-28(24,3)29-27(34)35-17-23-21-13-7-5-11-19(21)20-12-6-8-14-22(20)23/h5-8,11-14,18,23-24H,4,9-10,15-17H2,1-3H3,(H,29,34)(H,32,33). The van der Waals surface area contributed by atoms with Gasteiger partial charge in [0.1, 0.15) is 12.6 Å². The van der Waals surface area contributed by atoms with Gasteiger partial charge in [0.2, 0.25) is 5.91 Å². The molecule has 1 fully saturated rings. The average Bonchev–Trinajstić information content (AvgIpc) is 3.16. The van der Waals surface area contributed by atoms with E-state index in [0.29, 0.717) is 19.4 Å². The Balaban J connectivity index is 1.47. The van der Waals surface area contributed by atoms with Crippen molar-refractivity contribution in [2.75, 3.05) is 13.2 Å². The van der Waals surface area contributed by atoms with E-state index in [9.17, 15) is 19.5 Å². The summed E-state index contributed by atoms with van der Waals surface area (Å²) in [5, 5.41) is 12.4. The van der Waals surface area contributed by atoms with Crippen LogP contribution >= 0.6 is 0 Å². The predicted octanol–water partition coefficient (Wildman–Crippen LogP) is 4.80. The van der Waals surface area contributed by atoms with Crippen LogP contribution in [0.3, 0.4) is 0 Å². The second-order valence-corrected chi connectivity index (χ2v) is 9.80. The second-order valence-electron chi connectivity index (χ2n) is 9.80. The largest absolute Gasteiger partial charge is 0.480 e. The molecule has 0 heterocycles. The average molecular weight is 479 g/mol. The van der Waals surface area contributed by atoms with E-state index in [1.54, 1.807) is 6.92 Å². The molecule has 2 N–H and O–H groups in total. The molecule has 35 heavy (non-hydrogen) atoms. The van der Waals surface area contributed by atoms with Gasteiger partial charge in [-0.05, 0) is 55.9 Å². The van der Waals surface area contributed by atoms with Gasteiger partial charge < -0.3 is 20.1 Å². The molecule has 0 aliphatic heterocycles. The Morgan fingerprint density at radius 3 is 2.26 bits per heavy atom. The summed E-state index contributed by atoms with van der Waals surface area (Å²) >= 11 is 0. The molecule has 2 aliphatic carbocycles. The van der Waals surface area contributed by atoms with Crippen LogP contribution in [0.5, 0.6) is 0 Å². The van der Waals surface area contributed by atoms with E-state index < -0.39 is 29.6 Å². The summed E-state index contributed by atoms with van der Waals surface area (Å²) in [6, 6.07) is 15.4. The van der Waals surface area contributed by atoms with Gasteiger partial charge in [0.15, 0.2) is 0 Å². The van der Waals surface area contributed by atoms with Gasteiger partial charge >= 0.3 is 12.1 Å². The van der Waals surface area contributed by atoms with Crippen molar-refractivity contribution in [3.63, 3.8) is 0 Å². The second kappa shape index (κ2) is 10.1. The monoisotopic (exact) mass is 478 g/mol. The van der Waals surface area contributed by atoms with E-state index >= 15 is 0 Å². The number of aliphatic carboxylic acids is 1. The lowest BCUT2D eigenvalue weighted by Gasteiger charge is -2.43. The molecular weight excluding hydrogens is 444 g/mol. The summed E-state index contributed by atoms with van der Waals surface area (Å²) in [4.78, 5) is 39.3. The molecular formula is C28H34N2O5. The highest BCUT2D eigenvalue weighted by molar-refractivity contribution is 5.86. The maximum Gasteiger partial charge on any atom is 0.407 e. The highest BCUT2D eigenvalue weighted by Gasteiger charge is 2.45. The minimum atomic E-state index is -1.04. The molecule has 4 rings (SSSR count). The van der Waals surface area contributed by atoms with Crippen LogP contribution in [0.1, 0.15) is 63.5 Å². The molecule has 0 saturated heterocycles. The van der Waals surface area contributed by atoms with Crippen LogP contribution in [0.2, 0.25) is 0 Å². The lowest BCUT2D eigenvalue weighted by atomic mass is 9.73. The van der Waals surface area contributed by atoms with E-state index in [2.05, 4.69) is 29.6 Å². The minimum Gasteiger partial charge on any atom is -0.480 e. The third-order valence-corrected chi connectivity index (χ3v) is 7.69. The smallest absolute Gasteiger partial charge is 0.407 e. The van der Waals surface area contributed by atoms with Crippen molar-refractivity contribution in [1.29, 1.82) is 0 Å². The number of nitrogens with zero attached hydrogens (tertiary/aromatic N) is 1. The molecule has 0 radical (unpaired) electrons. The van der Waals surface area contributed by atoms with Gasteiger partial charge in [-0.25, -0.2) is 9.59 Å². The number of hydrogen-bond donors (Lipinski definition) is 2. The molecule has 2 aromatic rings. The molecule has 0 spiro atoms. The molecule has 7 heteroatoms. The van der Waals surface area contributed by atoms with Crippen LogP contribution in [-0.4, -0.2) is 52.7 Å². The van der Waals surface area contributed by atoms with Crippen LogP contribution < -0.4 is 5.32 Å². The molecule has 3 unspecified atom stereocenters. The number of carbonyl (C=O) groups excluding carboxylic acids is 2. The molecule has 2 aromatic carbocycles. The van der Waals surface area contributed by atoms with Gasteiger partial charge in [0, 0.05) is 12.5 Å². The lowest BCUT2D eigenvalue weighted by Crippen LogP contribution is -2.59. The van der Waals surface area contributed by atoms with Crippen LogP contribution in [-0.2, 0) is 14.3 Å². The van der Waals surface area contributed by atoms with Gasteiger partial charge in [-0.1, -0.05) is 61.4 Å². The molecule has 7 nitrogen and oxygen atoms in total. The summed E-state index contributed by atoms with van der Waals surface area (Å²) in [7, 11) is 0. The summed E-state index contributed by atoms with van der Waals surface area (Å²) in [6.07, 6.45) is 2.42. The van der Waals surface area contributed by atoms with E-state index in [4.69, 9.17) is 4.74 Å². The quantitative estimate of drug-likeness (QED) is 0.596. The molecule has 3 atom stereocenters. The SMILES string of the molecule is CCN(C(=O)C1CCCCC1(C)NC(=O)OCC1c2ccccc2-c2ccccc21)C(C)C(=O)O. The lowest BCUT2D eigenvalue weighted by molar-refractivity contribution is -0.153. The van der Waals surface area contributed by atoms with E-state index in [0.717, 1.165) is 35.1 Å². The molecule has 2 aliphatic rings. The number of likely N-dealkylation sites (N-methyl/N-ethyl adjacent to an activating group) is 1. The number of nitrogens with one attached hydrogen (secondary N) is 1. The Bertz CT molecular complexity index is 1070. The van der Waals surface area contributed by atoms with Gasteiger partial charge in [-0.15, -0.1) is 0 Å². The normalized spacial score (nSPS) is 22.0. The van der Waals surface area contributed by atoms with E-state index in [1.165, 1.54) is 11.8 Å². The van der Waals surface area contributed by atoms with Crippen molar-refractivity contribution in [2.24, 2.45) is 5.92 Å².